The van der Waals surface area contributed by atoms with Crippen LogP contribution in [0.25, 0.3) is 0 Å². The fourth-order valence-electron chi connectivity index (χ4n) is 1.66. The van der Waals surface area contributed by atoms with Crippen LogP contribution in [0.4, 0.5) is 11.4 Å². The first-order chi connectivity index (χ1) is 7.61. The van der Waals surface area contributed by atoms with Gasteiger partial charge in [0, 0.05) is 23.9 Å². The quantitative estimate of drug-likeness (QED) is 0.627. The van der Waals surface area contributed by atoms with Crippen molar-refractivity contribution in [2.24, 2.45) is 5.92 Å². The van der Waals surface area contributed by atoms with Crippen LogP contribution in [-0.2, 0) is 0 Å². The van der Waals surface area contributed by atoms with E-state index in [1.165, 1.54) is 13.2 Å². The molecule has 1 aliphatic carbocycles. The van der Waals surface area contributed by atoms with Gasteiger partial charge in [0.15, 0.2) is 5.75 Å². The van der Waals surface area contributed by atoms with Gasteiger partial charge in [-0.3, -0.25) is 10.1 Å². The zero-order chi connectivity index (χ0) is 11.7. The maximum absolute atomic E-state index is 10.7. The van der Waals surface area contributed by atoms with Crippen molar-refractivity contribution in [2.45, 2.75) is 19.4 Å². The number of anilines is 1. The number of hydrogen-bond acceptors (Lipinski definition) is 4. The number of nitrogens with zero attached hydrogens (tertiary/aromatic N) is 1. The first kappa shape index (κ1) is 10.7. The Morgan fingerprint density at radius 2 is 2.25 bits per heavy atom. The highest BCUT2D eigenvalue weighted by molar-refractivity contribution is 5.58. The number of methoxy groups -OCH3 is 1. The van der Waals surface area contributed by atoms with Gasteiger partial charge in [-0.2, -0.15) is 0 Å². The van der Waals surface area contributed by atoms with Crippen LogP contribution < -0.4 is 10.1 Å². The summed E-state index contributed by atoms with van der Waals surface area (Å²) in [6.07, 6.45) is 1.15. The molecule has 1 fully saturated rings. The van der Waals surface area contributed by atoms with Gasteiger partial charge >= 0.3 is 5.69 Å². The average Bonchev–Trinajstić information content (AvgIpc) is 2.93. The standard InChI is InChI=1S/C11H14N2O3/c1-7-5-9(7)12-8-3-4-10(13(14)15)11(6-8)16-2/h3-4,6-7,9,12H,5H2,1-2H3. The Hall–Kier alpha value is -1.78. The molecule has 0 spiro atoms. The molecule has 0 aromatic heterocycles. The van der Waals surface area contributed by atoms with E-state index in [1.54, 1.807) is 12.1 Å². The fourth-order valence-corrected chi connectivity index (χ4v) is 1.66. The molecule has 0 radical (unpaired) electrons. The molecule has 2 rings (SSSR count). The number of benzene rings is 1. The normalized spacial score (nSPS) is 22.6. The number of rotatable bonds is 4. The van der Waals surface area contributed by atoms with Gasteiger partial charge in [-0.15, -0.1) is 0 Å². The molecule has 0 amide bonds. The first-order valence-corrected chi connectivity index (χ1v) is 5.21. The lowest BCUT2D eigenvalue weighted by Gasteiger charge is -2.07. The summed E-state index contributed by atoms with van der Waals surface area (Å²) >= 11 is 0. The molecule has 1 N–H and O–H groups in total. The lowest BCUT2D eigenvalue weighted by atomic mass is 10.2. The predicted octanol–water partition coefficient (Wildman–Crippen LogP) is 2.42. The van der Waals surface area contributed by atoms with Crippen molar-refractivity contribution in [2.75, 3.05) is 12.4 Å². The van der Waals surface area contributed by atoms with Gasteiger partial charge in [-0.25, -0.2) is 0 Å². The van der Waals surface area contributed by atoms with Crippen molar-refractivity contribution in [3.05, 3.63) is 28.3 Å². The van der Waals surface area contributed by atoms with Gasteiger partial charge in [0.25, 0.3) is 0 Å². The SMILES string of the molecule is COc1cc(NC2CC2C)ccc1[N+](=O)[O-]. The predicted molar refractivity (Wildman–Crippen MR) is 60.8 cm³/mol. The fraction of sp³-hybridized carbons (Fsp3) is 0.455. The highest BCUT2D eigenvalue weighted by atomic mass is 16.6. The van der Waals surface area contributed by atoms with Crippen LogP contribution in [0.3, 0.4) is 0 Å². The maximum Gasteiger partial charge on any atom is 0.311 e. The average molecular weight is 222 g/mol. The molecule has 16 heavy (non-hydrogen) atoms. The molecule has 0 heterocycles. The van der Waals surface area contributed by atoms with Crippen molar-refractivity contribution < 1.29 is 9.66 Å². The minimum absolute atomic E-state index is 0.00287. The molecule has 5 nitrogen and oxygen atoms in total. The van der Waals surface area contributed by atoms with E-state index in [0.717, 1.165) is 12.1 Å². The Bertz CT molecular complexity index is 420. The van der Waals surface area contributed by atoms with E-state index < -0.39 is 4.92 Å². The topological polar surface area (TPSA) is 64.4 Å². The largest absolute Gasteiger partial charge is 0.490 e. The Morgan fingerprint density at radius 3 is 2.75 bits per heavy atom. The van der Waals surface area contributed by atoms with Crippen LogP contribution in [0.2, 0.25) is 0 Å². The maximum atomic E-state index is 10.7. The first-order valence-electron chi connectivity index (χ1n) is 5.21. The van der Waals surface area contributed by atoms with Gasteiger partial charge in [-0.1, -0.05) is 6.92 Å². The van der Waals surface area contributed by atoms with Gasteiger partial charge in [0.2, 0.25) is 0 Å². The highest BCUT2D eigenvalue weighted by Crippen LogP contribution is 2.35. The van der Waals surface area contributed by atoms with E-state index in [2.05, 4.69) is 12.2 Å². The number of nitro groups is 1. The van der Waals surface area contributed by atoms with Crippen LogP contribution in [0.5, 0.6) is 5.75 Å². The number of hydrogen-bond donors (Lipinski definition) is 1. The van der Waals surface area contributed by atoms with Crippen LogP contribution in [0, 0.1) is 16.0 Å². The number of ether oxygens (including phenoxy) is 1. The lowest BCUT2D eigenvalue weighted by Crippen LogP contribution is -2.04. The molecule has 2 unspecified atom stereocenters. The summed E-state index contributed by atoms with van der Waals surface area (Å²) in [5.41, 5.74) is 0.869. The Balaban J connectivity index is 2.19. The van der Waals surface area contributed by atoms with Crippen molar-refractivity contribution in [3.8, 4) is 5.75 Å². The van der Waals surface area contributed by atoms with E-state index in [4.69, 9.17) is 4.74 Å². The zero-order valence-electron chi connectivity index (χ0n) is 9.27. The lowest BCUT2D eigenvalue weighted by molar-refractivity contribution is -0.385. The summed E-state index contributed by atoms with van der Waals surface area (Å²) in [5.74, 6) is 0.976. The van der Waals surface area contributed by atoms with Gasteiger partial charge < -0.3 is 10.1 Å². The minimum Gasteiger partial charge on any atom is -0.490 e. The molecule has 1 saturated carbocycles. The molecule has 1 aromatic carbocycles. The summed E-state index contributed by atoms with van der Waals surface area (Å²) in [6, 6.07) is 5.34. The molecule has 0 aliphatic heterocycles. The van der Waals surface area contributed by atoms with E-state index in [0.29, 0.717) is 17.7 Å². The summed E-state index contributed by atoms with van der Waals surface area (Å²) in [7, 11) is 1.44. The van der Waals surface area contributed by atoms with Crippen molar-refractivity contribution in [1.82, 2.24) is 0 Å². The third-order valence-corrected chi connectivity index (χ3v) is 2.84. The molecule has 1 aliphatic rings. The molecule has 86 valence electrons. The highest BCUT2D eigenvalue weighted by Gasteiger charge is 2.32. The van der Waals surface area contributed by atoms with Crippen molar-refractivity contribution in [3.63, 3.8) is 0 Å². The van der Waals surface area contributed by atoms with Crippen molar-refractivity contribution in [1.29, 1.82) is 0 Å². The third kappa shape index (κ3) is 2.08. The summed E-state index contributed by atoms with van der Waals surface area (Å²) in [6.45, 7) is 2.17. The number of nitrogens with one attached hydrogen (secondary N) is 1. The van der Waals surface area contributed by atoms with Crippen LogP contribution >= 0.6 is 0 Å². The second-order valence-corrected chi connectivity index (χ2v) is 4.11. The van der Waals surface area contributed by atoms with Crippen LogP contribution in [-0.4, -0.2) is 18.1 Å². The van der Waals surface area contributed by atoms with Crippen molar-refractivity contribution >= 4 is 11.4 Å². The van der Waals surface area contributed by atoms with Gasteiger partial charge in [0.1, 0.15) is 0 Å². The minimum atomic E-state index is -0.442. The van der Waals surface area contributed by atoms with Gasteiger partial charge in [-0.05, 0) is 18.4 Å². The molecule has 1 aromatic rings. The van der Waals surface area contributed by atoms with Crippen LogP contribution in [0.15, 0.2) is 18.2 Å². The number of nitro benzene ring substituents is 1. The smallest absolute Gasteiger partial charge is 0.311 e. The zero-order valence-corrected chi connectivity index (χ0v) is 9.27. The summed E-state index contributed by atoms with van der Waals surface area (Å²) < 4.78 is 4.99. The molecule has 0 saturated heterocycles. The van der Waals surface area contributed by atoms with E-state index in [1.807, 2.05) is 0 Å². The van der Waals surface area contributed by atoms with Crippen LogP contribution in [0.1, 0.15) is 13.3 Å². The molecule has 5 heteroatoms. The Morgan fingerprint density at radius 1 is 1.56 bits per heavy atom. The van der Waals surface area contributed by atoms with E-state index in [-0.39, 0.29) is 5.69 Å². The van der Waals surface area contributed by atoms with Gasteiger partial charge in [0.05, 0.1) is 12.0 Å². The van der Waals surface area contributed by atoms with E-state index in [9.17, 15) is 10.1 Å². The summed E-state index contributed by atoms with van der Waals surface area (Å²) in [4.78, 5) is 10.2. The molecule has 2 atom stereocenters. The Kier molecular flexibility index (Phi) is 2.68. The second kappa shape index (κ2) is 4.00. The Labute approximate surface area is 93.6 Å². The van der Waals surface area contributed by atoms with E-state index >= 15 is 0 Å². The summed E-state index contributed by atoms with van der Waals surface area (Å²) in [5, 5.41) is 14.0. The second-order valence-electron chi connectivity index (χ2n) is 4.11. The third-order valence-electron chi connectivity index (χ3n) is 2.84. The molecular formula is C11H14N2O3. The molecule has 0 bridgehead atoms. The molecular weight excluding hydrogens is 208 g/mol. The monoisotopic (exact) mass is 222 g/mol.